The van der Waals surface area contributed by atoms with Crippen LogP contribution in [-0.2, 0) is 26.7 Å². The van der Waals surface area contributed by atoms with Crippen LogP contribution in [0.25, 0.3) is 0 Å². The standard InChI is InChI=1S/C16H26N4O/c1-5-6-17-10-14-9-15(21-13(14)2)11-19(3)12-16-18-7-8-20(16)4/h7-9,17H,5-6,10-12H2,1-4H3. The molecular formula is C16H26N4O. The Hall–Kier alpha value is -1.59. The van der Waals surface area contributed by atoms with Gasteiger partial charge in [-0.3, -0.25) is 4.90 Å². The molecule has 0 atom stereocenters. The predicted octanol–water partition coefficient (Wildman–Crippen LogP) is 2.45. The number of imidazole rings is 1. The molecule has 0 aliphatic heterocycles. The van der Waals surface area contributed by atoms with Crippen LogP contribution in [0.1, 0.15) is 36.3 Å². The van der Waals surface area contributed by atoms with Crippen molar-refractivity contribution in [3.8, 4) is 0 Å². The Balaban J connectivity index is 1.90. The lowest BCUT2D eigenvalue weighted by Gasteiger charge is -2.14. The summed E-state index contributed by atoms with van der Waals surface area (Å²) in [6.45, 7) is 7.73. The van der Waals surface area contributed by atoms with Gasteiger partial charge in [-0.1, -0.05) is 6.92 Å². The van der Waals surface area contributed by atoms with E-state index >= 15 is 0 Å². The van der Waals surface area contributed by atoms with Gasteiger partial charge < -0.3 is 14.3 Å². The molecule has 0 aliphatic rings. The number of nitrogens with one attached hydrogen (secondary N) is 1. The van der Waals surface area contributed by atoms with Gasteiger partial charge in [-0.2, -0.15) is 0 Å². The van der Waals surface area contributed by atoms with E-state index < -0.39 is 0 Å². The molecule has 2 rings (SSSR count). The minimum atomic E-state index is 0.793. The van der Waals surface area contributed by atoms with Crippen molar-refractivity contribution in [1.82, 2.24) is 19.8 Å². The summed E-state index contributed by atoms with van der Waals surface area (Å²) in [6.07, 6.45) is 4.95. The molecule has 0 fully saturated rings. The fourth-order valence-electron chi connectivity index (χ4n) is 2.35. The van der Waals surface area contributed by atoms with E-state index in [2.05, 4.69) is 35.2 Å². The molecule has 0 radical (unpaired) electrons. The van der Waals surface area contributed by atoms with E-state index in [4.69, 9.17) is 4.42 Å². The number of hydrogen-bond donors (Lipinski definition) is 1. The molecule has 0 saturated heterocycles. The predicted molar refractivity (Wildman–Crippen MR) is 83.8 cm³/mol. The summed E-state index contributed by atoms with van der Waals surface area (Å²) in [5.74, 6) is 3.09. The van der Waals surface area contributed by atoms with Crippen molar-refractivity contribution < 1.29 is 4.42 Å². The zero-order chi connectivity index (χ0) is 15.2. The number of nitrogens with zero attached hydrogens (tertiary/aromatic N) is 3. The lowest BCUT2D eigenvalue weighted by Crippen LogP contribution is -2.19. The van der Waals surface area contributed by atoms with E-state index in [0.717, 1.165) is 49.9 Å². The highest BCUT2D eigenvalue weighted by atomic mass is 16.3. The van der Waals surface area contributed by atoms with Crippen LogP contribution in [0.4, 0.5) is 0 Å². The molecule has 0 spiro atoms. The topological polar surface area (TPSA) is 46.2 Å². The maximum absolute atomic E-state index is 5.86. The summed E-state index contributed by atoms with van der Waals surface area (Å²) < 4.78 is 7.90. The van der Waals surface area contributed by atoms with Gasteiger partial charge in [0.1, 0.15) is 17.3 Å². The molecule has 2 aromatic heterocycles. The lowest BCUT2D eigenvalue weighted by molar-refractivity contribution is 0.276. The first-order chi connectivity index (χ1) is 10.1. The van der Waals surface area contributed by atoms with Crippen LogP contribution in [-0.4, -0.2) is 28.0 Å². The third-order valence-electron chi connectivity index (χ3n) is 3.57. The first-order valence-electron chi connectivity index (χ1n) is 7.53. The Bertz CT molecular complexity index is 558. The van der Waals surface area contributed by atoms with Gasteiger partial charge in [0.15, 0.2) is 0 Å². The van der Waals surface area contributed by atoms with Crippen LogP contribution in [0.15, 0.2) is 22.9 Å². The van der Waals surface area contributed by atoms with Crippen molar-refractivity contribution in [2.24, 2.45) is 7.05 Å². The lowest BCUT2D eigenvalue weighted by atomic mass is 10.2. The molecule has 0 aromatic carbocycles. The third kappa shape index (κ3) is 4.44. The highest BCUT2D eigenvalue weighted by molar-refractivity contribution is 5.20. The third-order valence-corrected chi connectivity index (χ3v) is 3.57. The van der Waals surface area contributed by atoms with Crippen molar-refractivity contribution >= 4 is 0 Å². The second kappa shape index (κ2) is 7.43. The average Bonchev–Trinajstić information content (AvgIpc) is 2.97. The molecular weight excluding hydrogens is 264 g/mol. The summed E-state index contributed by atoms with van der Waals surface area (Å²) in [7, 11) is 4.10. The zero-order valence-electron chi connectivity index (χ0n) is 13.5. The molecule has 21 heavy (non-hydrogen) atoms. The maximum Gasteiger partial charge on any atom is 0.122 e. The van der Waals surface area contributed by atoms with Crippen LogP contribution in [0.5, 0.6) is 0 Å². The van der Waals surface area contributed by atoms with Gasteiger partial charge in [-0.15, -0.1) is 0 Å². The van der Waals surface area contributed by atoms with Crippen molar-refractivity contribution in [3.63, 3.8) is 0 Å². The Morgan fingerprint density at radius 3 is 2.86 bits per heavy atom. The smallest absolute Gasteiger partial charge is 0.122 e. The van der Waals surface area contributed by atoms with Gasteiger partial charge in [0.25, 0.3) is 0 Å². The van der Waals surface area contributed by atoms with E-state index in [-0.39, 0.29) is 0 Å². The highest BCUT2D eigenvalue weighted by Gasteiger charge is 2.11. The number of hydrogen-bond acceptors (Lipinski definition) is 4. The summed E-state index contributed by atoms with van der Waals surface area (Å²) in [5, 5.41) is 3.42. The molecule has 2 heterocycles. The van der Waals surface area contributed by atoms with Crippen molar-refractivity contribution in [3.05, 3.63) is 41.4 Å². The van der Waals surface area contributed by atoms with Gasteiger partial charge in [0.2, 0.25) is 0 Å². The molecule has 2 aromatic rings. The number of aryl methyl sites for hydroxylation is 2. The van der Waals surface area contributed by atoms with E-state index in [9.17, 15) is 0 Å². The van der Waals surface area contributed by atoms with Crippen LogP contribution in [0.3, 0.4) is 0 Å². The van der Waals surface area contributed by atoms with E-state index in [1.807, 2.05) is 30.9 Å². The minimum absolute atomic E-state index is 0.793. The fourth-order valence-corrected chi connectivity index (χ4v) is 2.35. The molecule has 5 heteroatoms. The van der Waals surface area contributed by atoms with E-state index in [1.165, 1.54) is 5.56 Å². The normalized spacial score (nSPS) is 11.5. The molecule has 1 N–H and O–H groups in total. The Morgan fingerprint density at radius 1 is 1.38 bits per heavy atom. The van der Waals surface area contributed by atoms with Gasteiger partial charge in [0, 0.05) is 31.5 Å². The molecule has 116 valence electrons. The molecule has 0 bridgehead atoms. The van der Waals surface area contributed by atoms with Crippen molar-refractivity contribution in [2.45, 2.75) is 39.9 Å². The highest BCUT2D eigenvalue weighted by Crippen LogP contribution is 2.16. The zero-order valence-corrected chi connectivity index (χ0v) is 13.5. The Labute approximate surface area is 127 Å². The summed E-state index contributed by atoms with van der Waals surface area (Å²) in [6, 6.07) is 2.16. The van der Waals surface area contributed by atoms with Crippen molar-refractivity contribution in [1.29, 1.82) is 0 Å². The monoisotopic (exact) mass is 290 g/mol. The van der Waals surface area contributed by atoms with E-state index in [0.29, 0.717) is 0 Å². The average molecular weight is 290 g/mol. The quantitative estimate of drug-likeness (QED) is 0.759. The largest absolute Gasteiger partial charge is 0.465 e. The molecule has 0 unspecified atom stereocenters. The second-order valence-electron chi connectivity index (χ2n) is 5.60. The fraction of sp³-hybridized carbons (Fsp3) is 0.562. The van der Waals surface area contributed by atoms with Crippen molar-refractivity contribution in [2.75, 3.05) is 13.6 Å². The summed E-state index contributed by atoms with van der Waals surface area (Å²) >= 11 is 0. The molecule has 5 nitrogen and oxygen atoms in total. The first-order valence-corrected chi connectivity index (χ1v) is 7.53. The summed E-state index contributed by atoms with van der Waals surface area (Å²) in [5.41, 5.74) is 1.25. The van der Waals surface area contributed by atoms with Gasteiger partial charge in [0.05, 0.1) is 13.1 Å². The number of furan rings is 1. The van der Waals surface area contributed by atoms with Gasteiger partial charge in [-0.25, -0.2) is 4.98 Å². The molecule has 0 aliphatic carbocycles. The maximum atomic E-state index is 5.86. The van der Waals surface area contributed by atoms with Crippen LogP contribution in [0, 0.1) is 6.92 Å². The Kier molecular flexibility index (Phi) is 5.59. The van der Waals surface area contributed by atoms with Gasteiger partial charge >= 0.3 is 0 Å². The second-order valence-corrected chi connectivity index (χ2v) is 5.60. The van der Waals surface area contributed by atoms with Crippen LogP contribution in [0.2, 0.25) is 0 Å². The Morgan fingerprint density at radius 2 is 2.19 bits per heavy atom. The minimum Gasteiger partial charge on any atom is -0.465 e. The van der Waals surface area contributed by atoms with Crippen LogP contribution >= 0.6 is 0 Å². The number of aromatic nitrogens is 2. The molecule has 0 saturated carbocycles. The van der Waals surface area contributed by atoms with E-state index in [1.54, 1.807) is 0 Å². The van der Waals surface area contributed by atoms with Crippen LogP contribution < -0.4 is 5.32 Å². The summed E-state index contributed by atoms with van der Waals surface area (Å²) in [4.78, 5) is 6.56. The SMILES string of the molecule is CCCNCc1cc(CN(C)Cc2nccn2C)oc1C. The first kappa shape index (κ1) is 15.8. The molecule has 0 amide bonds. The number of rotatable bonds is 8. The van der Waals surface area contributed by atoms with Gasteiger partial charge in [-0.05, 0) is 33.0 Å².